The van der Waals surface area contributed by atoms with Gasteiger partial charge >= 0.3 is 0 Å². The molecule has 0 spiro atoms. The zero-order valence-corrected chi connectivity index (χ0v) is 12.9. The van der Waals surface area contributed by atoms with Crippen LogP contribution in [0.4, 0.5) is 0 Å². The molecule has 0 aliphatic rings. The van der Waals surface area contributed by atoms with Crippen LogP contribution in [-0.2, 0) is 5.41 Å². The summed E-state index contributed by atoms with van der Waals surface area (Å²) in [4.78, 5) is 0. The van der Waals surface area contributed by atoms with Gasteiger partial charge in [-0.3, -0.25) is 0 Å². The highest BCUT2D eigenvalue weighted by Gasteiger charge is 2.23. The minimum absolute atomic E-state index is 0.0417. The quantitative estimate of drug-likeness (QED) is 0.324. The minimum Gasteiger partial charge on any atom is -0.308 e. The van der Waals surface area contributed by atoms with E-state index in [-0.39, 0.29) is 75.0 Å². The van der Waals surface area contributed by atoms with E-state index >= 15 is 0 Å². The number of hydrogen-bond acceptors (Lipinski definition) is 0. The van der Waals surface area contributed by atoms with Gasteiger partial charge in [0.05, 0.1) is 30.3 Å². The third-order valence-corrected chi connectivity index (χ3v) is 4.29. The fourth-order valence-electron chi connectivity index (χ4n) is 3.34. The normalized spacial score (nSPS) is 19.1. The number of fused-ring (bicyclic) bond motifs is 6. The second kappa shape index (κ2) is 4.05. The van der Waals surface area contributed by atoms with Gasteiger partial charge in [-0.25, -0.2) is 0 Å². The maximum Gasteiger partial charge on any atom is 0.0645 e. The maximum atomic E-state index is 8.69. The molecule has 0 aliphatic heterocycles. The number of para-hydroxylation sites is 2. The highest BCUT2D eigenvalue weighted by atomic mass is 14.9. The van der Waals surface area contributed by atoms with Gasteiger partial charge < -0.3 is 4.40 Å². The van der Waals surface area contributed by atoms with E-state index < -0.39 is 23.5 Å². The molecule has 2 heterocycles. The van der Waals surface area contributed by atoms with Gasteiger partial charge in [0.2, 0.25) is 0 Å². The summed E-state index contributed by atoms with van der Waals surface area (Å²) in [6, 6.07) is -3.46. The zero-order chi connectivity index (χ0) is 24.5. The average molecular weight is 307 g/mol. The summed E-state index contributed by atoms with van der Waals surface area (Å²) >= 11 is 0. The van der Waals surface area contributed by atoms with Gasteiger partial charge in [0.1, 0.15) is 0 Å². The van der Waals surface area contributed by atoms with Crippen LogP contribution < -0.4 is 0 Å². The summed E-state index contributed by atoms with van der Waals surface area (Å²) in [5, 5.41) is 0.739. The summed E-state index contributed by atoms with van der Waals surface area (Å²) in [5.41, 5.74) is 0.203. The van der Waals surface area contributed by atoms with Crippen LogP contribution in [0.15, 0.2) is 60.4 Å². The highest BCUT2D eigenvalue weighted by Crippen LogP contribution is 2.42. The largest absolute Gasteiger partial charge is 0.308 e. The third-order valence-electron chi connectivity index (χ3n) is 4.29. The van der Waals surface area contributed by atoms with Crippen LogP contribution in [0.3, 0.4) is 0 Å². The summed E-state index contributed by atoms with van der Waals surface area (Å²) < 4.78 is 86.2. The highest BCUT2D eigenvalue weighted by molar-refractivity contribution is 6.23. The predicted octanol–water partition coefficient (Wildman–Crippen LogP) is 6.13. The number of hydrogen-bond donors (Lipinski definition) is 0. The van der Waals surface area contributed by atoms with Crippen LogP contribution in [0.2, 0.25) is 0 Å². The van der Waals surface area contributed by atoms with Gasteiger partial charge in [-0.15, -0.1) is 0 Å². The van der Waals surface area contributed by atoms with E-state index in [2.05, 4.69) is 0 Å². The molecule has 0 bridgehead atoms. The van der Waals surface area contributed by atoms with E-state index in [1.807, 2.05) is 20.8 Å². The summed E-state index contributed by atoms with van der Waals surface area (Å²) in [6.45, 7) is 5.55. The molecule has 0 saturated carbocycles. The van der Waals surface area contributed by atoms with Gasteiger partial charge in [0.15, 0.2) is 0 Å². The Balaban J connectivity index is 2.36. The van der Waals surface area contributed by atoms with Crippen LogP contribution in [0, 0.1) is 0 Å². The summed E-state index contributed by atoms with van der Waals surface area (Å²) in [6.07, 6.45) is 0. The Morgan fingerprint density at radius 3 is 2.22 bits per heavy atom. The first kappa shape index (κ1) is 6.52. The molecular weight excluding hydrogens is 278 g/mol. The van der Waals surface area contributed by atoms with Crippen LogP contribution >= 0.6 is 0 Å². The molecular formula is C22H19N. The molecule has 0 atom stereocenters. The lowest BCUT2D eigenvalue weighted by Gasteiger charge is -2.20. The first-order valence-electron chi connectivity index (χ1n) is 12.4. The summed E-state index contributed by atoms with van der Waals surface area (Å²) in [5.74, 6) is 0. The Hall–Kier alpha value is -2.54. The van der Waals surface area contributed by atoms with Gasteiger partial charge in [-0.2, -0.15) is 0 Å². The van der Waals surface area contributed by atoms with Crippen LogP contribution in [0.1, 0.15) is 40.0 Å². The fraction of sp³-hybridized carbons (Fsp3) is 0.182. The van der Waals surface area contributed by atoms with Crippen molar-refractivity contribution in [1.29, 1.82) is 0 Å². The van der Waals surface area contributed by atoms with Crippen molar-refractivity contribution in [2.45, 2.75) is 26.2 Å². The number of aromatic nitrogens is 1. The van der Waals surface area contributed by atoms with Crippen LogP contribution in [0.5, 0.6) is 0 Å². The molecule has 5 rings (SSSR count). The molecule has 1 heteroatoms. The number of benzene rings is 3. The van der Waals surface area contributed by atoms with Gasteiger partial charge in [0, 0.05) is 21.5 Å². The standard InChI is InChI=1S/C22H19N/c1-22(2,3)17-11-7-13-19-20(17)16-10-6-9-15-14-8-4-5-12-18(14)23(19)21(15)16/h4-13H,1-3H3/i4D,5D,6D,7D,8D,9D,10D,11D,12D,13D. The molecule has 23 heavy (non-hydrogen) atoms. The van der Waals surface area contributed by atoms with Crippen molar-refractivity contribution in [2.24, 2.45) is 0 Å². The van der Waals surface area contributed by atoms with E-state index in [0.29, 0.717) is 10.9 Å². The zero-order valence-electron chi connectivity index (χ0n) is 22.9. The Kier molecular flexibility index (Phi) is 1.15. The SMILES string of the molecule is [2H]c1c([2H])c([2H])c2c(c1[2H])c1c([2H])c([2H])c([2H])c3c4c(C(C)(C)C)c([2H])c([2H])c([2H])c4n2c13. The Morgan fingerprint density at radius 2 is 1.39 bits per heavy atom. The first-order chi connectivity index (χ1) is 15.2. The second-order valence-electron chi connectivity index (χ2n) is 6.76. The molecule has 0 amide bonds. The molecule has 1 nitrogen and oxygen atoms in total. The number of rotatable bonds is 0. The lowest BCUT2D eigenvalue weighted by Crippen LogP contribution is -2.11. The molecule has 2 aromatic heterocycles. The van der Waals surface area contributed by atoms with E-state index in [1.54, 1.807) is 0 Å². The third kappa shape index (κ3) is 1.52. The van der Waals surface area contributed by atoms with Crippen LogP contribution in [0.25, 0.3) is 38.1 Å². The first-order valence-corrected chi connectivity index (χ1v) is 7.42. The second-order valence-corrected chi connectivity index (χ2v) is 6.76. The lowest BCUT2D eigenvalue weighted by atomic mass is 9.84. The molecule has 0 aliphatic carbocycles. The Labute approximate surface area is 149 Å². The summed E-state index contributed by atoms with van der Waals surface area (Å²) in [7, 11) is 0. The van der Waals surface area contributed by atoms with Crippen molar-refractivity contribution in [3.05, 3.63) is 66.0 Å². The minimum atomic E-state index is -0.662. The molecule has 0 N–H and O–H groups in total. The van der Waals surface area contributed by atoms with Crippen molar-refractivity contribution in [1.82, 2.24) is 4.40 Å². The van der Waals surface area contributed by atoms with Gasteiger partial charge in [-0.1, -0.05) is 69.1 Å². The Morgan fingerprint density at radius 1 is 0.739 bits per heavy atom. The van der Waals surface area contributed by atoms with Crippen molar-refractivity contribution >= 4 is 38.1 Å². The topological polar surface area (TPSA) is 4.41 Å². The van der Waals surface area contributed by atoms with Crippen molar-refractivity contribution in [3.8, 4) is 0 Å². The molecule has 0 radical (unpaired) electrons. The monoisotopic (exact) mass is 307 g/mol. The van der Waals surface area contributed by atoms with Crippen molar-refractivity contribution in [2.75, 3.05) is 0 Å². The van der Waals surface area contributed by atoms with Gasteiger partial charge in [-0.05, 0) is 23.1 Å². The molecule has 5 aromatic rings. The predicted molar refractivity (Wildman–Crippen MR) is 99.8 cm³/mol. The molecule has 0 saturated heterocycles. The molecule has 112 valence electrons. The number of nitrogens with zero attached hydrogens (tertiary/aromatic N) is 1. The van der Waals surface area contributed by atoms with Crippen molar-refractivity contribution in [3.63, 3.8) is 0 Å². The molecule has 0 unspecified atom stereocenters. The van der Waals surface area contributed by atoms with E-state index in [1.165, 1.54) is 4.40 Å². The van der Waals surface area contributed by atoms with E-state index in [0.717, 1.165) is 0 Å². The maximum absolute atomic E-state index is 8.69. The molecule has 3 aromatic carbocycles. The van der Waals surface area contributed by atoms with E-state index in [9.17, 15) is 0 Å². The van der Waals surface area contributed by atoms with Crippen LogP contribution in [-0.4, -0.2) is 4.40 Å². The van der Waals surface area contributed by atoms with E-state index in [4.69, 9.17) is 13.7 Å². The Bertz CT molecular complexity index is 1690. The average Bonchev–Trinajstić information content (AvgIpc) is 3.24. The lowest BCUT2D eigenvalue weighted by molar-refractivity contribution is 0.596. The molecule has 0 fully saturated rings. The fourth-order valence-corrected chi connectivity index (χ4v) is 3.34. The van der Waals surface area contributed by atoms with Gasteiger partial charge in [0.25, 0.3) is 0 Å². The smallest absolute Gasteiger partial charge is 0.0645 e. The van der Waals surface area contributed by atoms with Crippen molar-refractivity contribution < 1.29 is 13.7 Å².